The summed E-state index contributed by atoms with van der Waals surface area (Å²) in [5.74, 6) is 0.237. The smallest absolute Gasteiger partial charge is 0.266 e. The number of unbranched alkanes of at least 4 members (excludes halogenated alkanes) is 1. The van der Waals surface area contributed by atoms with Crippen LogP contribution in [-0.2, 0) is 6.54 Å². The minimum absolute atomic E-state index is 0.103. The molecule has 2 heterocycles. The van der Waals surface area contributed by atoms with Crippen LogP contribution in [0, 0.1) is 6.92 Å². The number of amides is 1. The minimum atomic E-state index is -0.295. The molecule has 1 amide bonds. The Morgan fingerprint density at radius 1 is 1.41 bits per heavy atom. The molecule has 0 radical (unpaired) electrons. The van der Waals surface area contributed by atoms with Crippen molar-refractivity contribution in [2.24, 2.45) is 0 Å². The molecule has 8 heteroatoms. The molecule has 3 aromatic rings. The summed E-state index contributed by atoms with van der Waals surface area (Å²) in [6.07, 6.45) is 3.45. The molecule has 0 atom stereocenters. The Labute approximate surface area is 165 Å². The number of anilines is 1. The van der Waals surface area contributed by atoms with Gasteiger partial charge in [-0.1, -0.05) is 24.9 Å². The summed E-state index contributed by atoms with van der Waals surface area (Å²) in [5, 5.41) is 3.73. The van der Waals surface area contributed by atoms with Gasteiger partial charge in [-0.15, -0.1) is 11.3 Å². The van der Waals surface area contributed by atoms with E-state index in [1.165, 1.54) is 18.4 Å². The van der Waals surface area contributed by atoms with Gasteiger partial charge in [-0.25, -0.2) is 4.98 Å². The number of methoxy groups -OCH3 is 1. The molecule has 0 aliphatic carbocycles. The monoisotopic (exact) mass is 405 g/mol. The second kappa shape index (κ2) is 8.10. The molecule has 0 saturated carbocycles. The standard InChI is InChI=1S/C19H20ClN3O3S/c1-4-5-8-23-10-21-18-15(19(23)25)11(2)16(27-18)17(24)22-12-6-7-14(26-3)13(20)9-12/h6-7,9-10H,4-5,8H2,1-3H3,(H,22,24). The van der Waals surface area contributed by atoms with Crippen molar-refractivity contribution in [2.45, 2.75) is 33.2 Å². The molecule has 0 spiro atoms. The number of benzene rings is 1. The Hall–Kier alpha value is -2.38. The highest BCUT2D eigenvalue weighted by Gasteiger charge is 2.20. The van der Waals surface area contributed by atoms with Crippen molar-refractivity contribution < 1.29 is 9.53 Å². The zero-order chi connectivity index (χ0) is 19.6. The molecule has 0 fully saturated rings. The first-order chi connectivity index (χ1) is 13.0. The number of carbonyl (C=O) groups excluding carboxylic acids is 1. The van der Waals surface area contributed by atoms with Crippen molar-refractivity contribution in [2.75, 3.05) is 12.4 Å². The first-order valence-electron chi connectivity index (χ1n) is 8.59. The van der Waals surface area contributed by atoms with Gasteiger partial charge in [-0.3, -0.25) is 14.2 Å². The fourth-order valence-corrected chi connectivity index (χ4v) is 4.09. The summed E-state index contributed by atoms with van der Waals surface area (Å²) >= 11 is 7.32. The molecule has 1 N–H and O–H groups in total. The van der Waals surface area contributed by atoms with Crippen LogP contribution in [0.25, 0.3) is 10.2 Å². The lowest BCUT2D eigenvalue weighted by Crippen LogP contribution is -2.20. The largest absolute Gasteiger partial charge is 0.495 e. The summed E-state index contributed by atoms with van der Waals surface area (Å²) in [5.41, 5.74) is 1.10. The van der Waals surface area contributed by atoms with Crippen molar-refractivity contribution in [3.05, 3.63) is 50.3 Å². The van der Waals surface area contributed by atoms with Gasteiger partial charge < -0.3 is 10.1 Å². The van der Waals surface area contributed by atoms with E-state index in [-0.39, 0.29) is 11.5 Å². The lowest BCUT2D eigenvalue weighted by Gasteiger charge is -2.07. The summed E-state index contributed by atoms with van der Waals surface area (Å²) in [4.78, 5) is 30.9. The second-order valence-corrected chi connectivity index (χ2v) is 7.54. The molecule has 0 saturated heterocycles. The van der Waals surface area contributed by atoms with Crippen LogP contribution in [-0.4, -0.2) is 22.6 Å². The maximum Gasteiger partial charge on any atom is 0.266 e. The van der Waals surface area contributed by atoms with Gasteiger partial charge in [0, 0.05) is 12.2 Å². The van der Waals surface area contributed by atoms with E-state index in [1.807, 2.05) is 0 Å². The topological polar surface area (TPSA) is 73.2 Å². The van der Waals surface area contributed by atoms with Crippen LogP contribution < -0.4 is 15.6 Å². The van der Waals surface area contributed by atoms with E-state index in [9.17, 15) is 9.59 Å². The number of aromatic nitrogens is 2. The third-order valence-corrected chi connectivity index (χ3v) is 5.78. The van der Waals surface area contributed by atoms with Crippen LogP contribution >= 0.6 is 22.9 Å². The molecule has 2 aromatic heterocycles. The fraction of sp³-hybridized carbons (Fsp3) is 0.316. The predicted molar refractivity (Wildman–Crippen MR) is 109 cm³/mol. The summed E-state index contributed by atoms with van der Waals surface area (Å²) in [6, 6.07) is 5.02. The van der Waals surface area contributed by atoms with Crippen LogP contribution in [0.1, 0.15) is 35.0 Å². The number of rotatable bonds is 6. The molecule has 27 heavy (non-hydrogen) atoms. The number of aryl methyl sites for hydroxylation is 2. The average molecular weight is 406 g/mol. The number of fused-ring (bicyclic) bond motifs is 1. The Morgan fingerprint density at radius 3 is 2.85 bits per heavy atom. The van der Waals surface area contributed by atoms with E-state index >= 15 is 0 Å². The first kappa shape index (κ1) is 19.4. The minimum Gasteiger partial charge on any atom is -0.495 e. The van der Waals surface area contributed by atoms with E-state index in [4.69, 9.17) is 16.3 Å². The van der Waals surface area contributed by atoms with Gasteiger partial charge in [-0.05, 0) is 37.1 Å². The van der Waals surface area contributed by atoms with Crippen molar-refractivity contribution >= 4 is 44.7 Å². The van der Waals surface area contributed by atoms with Crippen LogP contribution in [0.15, 0.2) is 29.3 Å². The highest BCUT2D eigenvalue weighted by atomic mass is 35.5. The Kier molecular flexibility index (Phi) is 5.82. The quantitative estimate of drug-likeness (QED) is 0.656. The molecule has 0 aliphatic rings. The zero-order valence-electron chi connectivity index (χ0n) is 15.3. The Bertz CT molecular complexity index is 1060. The zero-order valence-corrected chi connectivity index (χ0v) is 16.9. The third kappa shape index (κ3) is 3.84. The van der Waals surface area contributed by atoms with Gasteiger partial charge >= 0.3 is 0 Å². The lowest BCUT2D eigenvalue weighted by atomic mass is 10.2. The Morgan fingerprint density at radius 2 is 2.19 bits per heavy atom. The molecule has 1 aromatic carbocycles. The number of carbonyl (C=O) groups is 1. The number of thiophene rings is 1. The van der Waals surface area contributed by atoms with Gasteiger partial charge in [0.05, 0.1) is 28.7 Å². The number of nitrogens with one attached hydrogen (secondary N) is 1. The van der Waals surface area contributed by atoms with E-state index in [2.05, 4.69) is 17.2 Å². The molecular weight excluding hydrogens is 386 g/mol. The van der Waals surface area contributed by atoms with Crippen molar-refractivity contribution in [1.82, 2.24) is 9.55 Å². The maximum atomic E-state index is 12.7. The number of hydrogen-bond donors (Lipinski definition) is 1. The second-order valence-electron chi connectivity index (χ2n) is 6.14. The highest BCUT2D eigenvalue weighted by molar-refractivity contribution is 7.20. The normalized spacial score (nSPS) is 11.0. The SMILES string of the molecule is CCCCn1cnc2sc(C(=O)Nc3ccc(OC)c(Cl)c3)c(C)c2c1=O. The fourth-order valence-electron chi connectivity index (χ4n) is 2.80. The number of ether oxygens (including phenoxy) is 1. The molecule has 0 bridgehead atoms. The maximum absolute atomic E-state index is 12.7. The summed E-state index contributed by atoms with van der Waals surface area (Å²) < 4.78 is 6.72. The van der Waals surface area contributed by atoms with Crippen molar-refractivity contribution in [3.8, 4) is 5.75 Å². The van der Waals surface area contributed by atoms with E-state index in [1.54, 1.807) is 36.0 Å². The Balaban J connectivity index is 1.93. The van der Waals surface area contributed by atoms with Crippen molar-refractivity contribution in [3.63, 3.8) is 0 Å². The third-order valence-electron chi connectivity index (χ3n) is 4.29. The number of nitrogens with zero attached hydrogens (tertiary/aromatic N) is 2. The predicted octanol–water partition coefficient (Wildman–Crippen LogP) is 4.48. The van der Waals surface area contributed by atoms with Gasteiger partial charge in [-0.2, -0.15) is 0 Å². The highest BCUT2D eigenvalue weighted by Crippen LogP contribution is 2.30. The summed E-state index contributed by atoms with van der Waals surface area (Å²) in [6.45, 7) is 4.47. The number of halogens is 1. The molecule has 0 aliphatic heterocycles. The van der Waals surface area contributed by atoms with Gasteiger partial charge in [0.25, 0.3) is 11.5 Å². The molecule has 3 rings (SSSR count). The van der Waals surface area contributed by atoms with Crippen LogP contribution in [0.5, 0.6) is 5.75 Å². The number of hydrogen-bond acceptors (Lipinski definition) is 5. The van der Waals surface area contributed by atoms with Gasteiger partial charge in [0.2, 0.25) is 0 Å². The summed E-state index contributed by atoms with van der Waals surface area (Å²) in [7, 11) is 1.53. The van der Waals surface area contributed by atoms with Crippen LogP contribution in [0.3, 0.4) is 0 Å². The molecule has 142 valence electrons. The van der Waals surface area contributed by atoms with E-state index in [0.29, 0.717) is 43.7 Å². The molecule has 6 nitrogen and oxygen atoms in total. The van der Waals surface area contributed by atoms with Gasteiger partial charge in [0.1, 0.15) is 10.6 Å². The molecule has 0 unspecified atom stereocenters. The van der Waals surface area contributed by atoms with Gasteiger partial charge in [0.15, 0.2) is 0 Å². The molecular formula is C19H20ClN3O3S. The van der Waals surface area contributed by atoms with Crippen molar-refractivity contribution in [1.29, 1.82) is 0 Å². The lowest BCUT2D eigenvalue weighted by molar-refractivity contribution is 0.103. The van der Waals surface area contributed by atoms with E-state index in [0.717, 1.165) is 12.8 Å². The van der Waals surface area contributed by atoms with E-state index < -0.39 is 0 Å². The van der Waals surface area contributed by atoms with Crippen LogP contribution in [0.2, 0.25) is 5.02 Å². The van der Waals surface area contributed by atoms with Crippen LogP contribution in [0.4, 0.5) is 5.69 Å². The first-order valence-corrected chi connectivity index (χ1v) is 9.79. The average Bonchev–Trinajstić information content (AvgIpc) is 2.99.